The van der Waals surface area contributed by atoms with Crippen LogP contribution in [0, 0.1) is 6.92 Å². The van der Waals surface area contributed by atoms with E-state index in [0.29, 0.717) is 19.5 Å². The standard InChI is InChI=1S/C28H27N3O/c1-18-12-20(10-11-29-18)28-25-14-23-17-31(27(32)15-21(23)13-22(25)16-30-28)26-9-5-3-7-19-6-2-4-8-24(19)26/h2,4,6,8,10-14,26H,3,5,7,9,15-17H2,1H3/t26-/m1/s1. The molecule has 3 aliphatic rings. The first-order valence-corrected chi connectivity index (χ1v) is 11.7. The fourth-order valence-electron chi connectivity index (χ4n) is 5.63. The van der Waals surface area contributed by atoms with Gasteiger partial charge in [-0.05, 0) is 72.2 Å². The Morgan fingerprint density at radius 1 is 0.969 bits per heavy atom. The molecule has 2 aromatic carbocycles. The third kappa shape index (κ3) is 3.26. The van der Waals surface area contributed by atoms with Gasteiger partial charge in [0.15, 0.2) is 0 Å². The molecule has 1 aromatic heterocycles. The van der Waals surface area contributed by atoms with E-state index < -0.39 is 0 Å². The van der Waals surface area contributed by atoms with Crippen molar-refractivity contribution >= 4 is 11.6 Å². The maximum Gasteiger partial charge on any atom is 0.227 e. The fraction of sp³-hybridized carbons (Fsp3) is 0.321. The Bertz CT molecular complexity index is 1260. The number of nitrogens with zero attached hydrogens (tertiary/aromatic N) is 3. The Hall–Kier alpha value is -3.27. The molecule has 4 heteroatoms. The number of fused-ring (bicyclic) bond motifs is 3. The number of amides is 1. The van der Waals surface area contributed by atoms with E-state index >= 15 is 0 Å². The normalized spacial score (nSPS) is 19.7. The molecule has 0 radical (unpaired) electrons. The van der Waals surface area contributed by atoms with Gasteiger partial charge in [-0.15, -0.1) is 0 Å². The molecule has 6 rings (SSSR count). The van der Waals surface area contributed by atoms with Crippen LogP contribution in [0.3, 0.4) is 0 Å². The van der Waals surface area contributed by atoms with E-state index in [2.05, 4.69) is 52.3 Å². The van der Waals surface area contributed by atoms with Crippen molar-refractivity contribution in [3.8, 4) is 0 Å². The monoisotopic (exact) mass is 421 g/mol. The molecule has 0 saturated carbocycles. The molecule has 0 bridgehead atoms. The third-order valence-electron chi connectivity index (χ3n) is 7.22. The van der Waals surface area contributed by atoms with Gasteiger partial charge in [-0.2, -0.15) is 0 Å². The summed E-state index contributed by atoms with van der Waals surface area (Å²) in [4.78, 5) is 24.6. The van der Waals surface area contributed by atoms with Crippen molar-refractivity contribution in [1.29, 1.82) is 0 Å². The van der Waals surface area contributed by atoms with Crippen molar-refractivity contribution in [2.45, 2.75) is 58.2 Å². The molecular formula is C28H27N3O. The second-order valence-electron chi connectivity index (χ2n) is 9.29. The van der Waals surface area contributed by atoms with Gasteiger partial charge in [0.25, 0.3) is 0 Å². The molecule has 0 spiro atoms. The van der Waals surface area contributed by atoms with E-state index in [4.69, 9.17) is 4.99 Å². The van der Waals surface area contributed by atoms with Crippen LogP contribution in [-0.4, -0.2) is 21.5 Å². The lowest BCUT2D eigenvalue weighted by molar-refractivity contribution is -0.134. The summed E-state index contributed by atoms with van der Waals surface area (Å²) in [6.07, 6.45) is 6.87. The zero-order valence-electron chi connectivity index (χ0n) is 18.5. The van der Waals surface area contributed by atoms with Crippen molar-refractivity contribution in [3.63, 3.8) is 0 Å². The van der Waals surface area contributed by atoms with Crippen LogP contribution in [0.15, 0.2) is 59.7 Å². The van der Waals surface area contributed by atoms with Crippen molar-refractivity contribution < 1.29 is 4.79 Å². The van der Waals surface area contributed by atoms with Crippen molar-refractivity contribution in [2.75, 3.05) is 0 Å². The van der Waals surface area contributed by atoms with Crippen LogP contribution >= 0.6 is 0 Å². The molecule has 1 atom stereocenters. The maximum absolute atomic E-state index is 13.3. The SMILES string of the molecule is Cc1cc(C2=NCc3cc4c(cc32)CN([C@@H]2CCCCc3ccccc32)C(=O)C4)ccn1. The summed E-state index contributed by atoms with van der Waals surface area (Å²) in [7, 11) is 0. The minimum atomic E-state index is 0.179. The second-order valence-corrected chi connectivity index (χ2v) is 9.29. The number of carbonyl (C=O) groups is 1. The number of rotatable bonds is 2. The molecule has 32 heavy (non-hydrogen) atoms. The predicted octanol–water partition coefficient (Wildman–Crippen LogP) is 5.09. The highest BCUT2D eigenvalue weighted by Gasteiger charge is 2.33. The minimum Gasteiger partial charge on any atom is -0.331 e. The van der Waals surface area contributed by atoms with Crippen LogP contribution in [-0.2, 0) is 30.7 Å². The van der Waals surface area contributed by atoms with Gasteiger partial charge >= 0.3 is 0 Å². The number of aliphatic imine (C=N–C) groups is 1. The molecule has 1 aliphatic carbocycles. The molecule has 0 saturated heterocycles. The summed E-state index contributed by atoms with van der Waals surface area (Å²) >= 11 is 0. The smallest absolute Gasteiger partial charge is 0.227 e. The van der Waals surface area contributed by atoms with E-state index in [9.17, 15) is 4.79 Å². The van der Waals surface area contributed by atoms with Crippen LogP contribution in [0.5, 0.6) is 0 Å². The molecule has 0 N–H and O–H groups in total. The number of benzene rings is 2. The molecule has 4 nitrogen and oxygen atoms in total. The Labute approximate surface area is 189 Å². The minimum absolute atomic E-state index is 0.179. The molecule has 160 valence electrons. The molecule has 3 aromatic rings. The van der Waals surface area contributed by atoms with Crippen LogP contribution in [0.25, 0.3) is 0 Å². The van der Waals surface area contributed by atoms with Crippen LogP contribution < -0.4 is 0 Å². The Morgan fingerprint density at radius 3 is 2.78 bits per heavy atom. The van der Waals surface area contributed by atoms with Crippen LogP contribution in [0.4, 0.5) is 0 Å². The lowest BCUT2D eigenvalue weighted by Crippen LogP contribution is -2.39. The lowest BCUT2D eigenvalue weighted by atomic mass is 9.89. The zero-order valence-corrected chi connectivity index (χ0v) is 18.5. The fourth-order valence-corrected chi connectivity index (χ4v) is 5.63. The van der Waals surface area contributed by atoms with E-state index in [1.165, 1.54) is 46.2 Å². The Balaban J connectivity index is 1.36. The van der Waals surface area contributed by atoms with Gasteiger partial charge in [-0.1, -0.05) is 36.8 Å². The van der Waals surface area contributed by atoms with Gasteiger partial charge in [0, 0.05) is 29.6 Å². The zero-order chi connectivity index (χ0) is 21.7. The van der Waals surface area contributed by atoms with Gasteiger partial charge in [-0.3, -0.25) is 14.8 Å². The van der Waals surface area contributed by atoms with Gasteiger partial charge in [0.05, 0.1) is 24.7 Å². The van der Waals surface area contributed by atoms with Crippen molar-refractivity contribution in [1.82, 2.24) is 9.88 Å². The number of carbonyl (C=O) groups excluding carboxylic acids is 1. The van der Waals surface area contributed by atoms with E-state index in [-0.39, 0.29) is 11.9 Å². The van der Waals surface area contributed by atoms with Crippen molar-refractivity contribution in [2.24, 2.45) is 4.99 Å². The number of hydrogen-bond acceptors (Lipinski definition) is 3. The summed E-state index contributed by atoms with van der Waals surface area (Å²) < 4.78 is 0. The average Bonchev–Trinajstić information content (AvgIpc) is 3.08. The molecule has 0 unspecified atom stereocenters. The maximum atomic E-state index is 13.3. The first kappa shape index (κ1) is 19.4. The second kappa shape index (κ2) is 7.70. The third-order valence-corrected chi connectivity index (χ3v) is 7.22. The van der Waals surface area contributed by atoms with Gasteiger partial charge in [0.2, 0.25) is 5.91 Å². The molecule has 2 aliphatic heterocycles. The topological polar surface area (TPSA) is 45.6 Å². The van der Waals surface area contributed by atoms with E-state index in [1.807, 2.05) is 19.2 Å². The van der Waals surface area contributed by atoms with E-state index in [0.717, 1.165) is 29.8 Å². The summed E-state index contributed by atoms with van der Waals surface area (Å²) in [5.41, 5.74) is 10.8. The molecule has 1 amide bonds. The van der Waals surface area contributed by atoms with Gasteiger partial charge < -0.3 is 4.90 Å². The van der Waals surface area contributed by atoms with Crippen LogP contribution in [0.1, 0.15) is 69.9 Å². The predicted molar refractivity (Wildman–Crippen MR) is 126 cm³/mol. The number of aromatic nitrogens is 1. The Kier molecular flexibility index (Phi) is 4.67. The summed E-state index contributed by atoms with van der Waals surface area (Å²) in [5, 5.41) is 0. The quantitative estimate of drug-likeness (QED) is 0.541. The highest BCUT2D eigenvalue weighted by Crippen LogP contribution is 2.38. The first-order chi connectivity index (χ1) is 15.7. The summed E-state index contributed by atoms with van der Waals surface area (Å²) in [6, 6.07) is 17.6. The average molecular weight is 422 g/mol. The van der Waals surface area contributed by atoms with E-state index in [1.54, 1.807) is 0 Å². The largest absolute Gasteiger partial charge is 0.331 e. The first-order valence-electron chi connectivity index (χ1n) is 11.7. The molecule has 3 heterocycles. The number of hydrogen-bond donors (Lipinski definition) is 0. The lowest BCUT2D eigenvalue weighted by Gasteiger charge is -2.36. The van der Waals surface area contributed by atoms with Gasteiger partial charge in [0.1, 0.15) is 0 Å². The summed E-state index contributed by atoms with van der Waals surface area (Å²) in [5.74, 6) is 0.253. The van der Waals surface area contributed by atoms with Crippen LogP contribution in [0.2, 0.25) is 0 Å². The highest BCUT2D eigenvalue weighted by molar-refractivity contribution is 6.15. The molecular weight excluding hydrogens is 394 g/mol. The summed E-state index contributed by atoms with van der Waals surface area (Å²) in [6.45, 7) is 3.39. The highest BCUT2D eigenvalue weighted by atomic mass is 16.2. The number of pyridine rings is 1. The van der Waals surface area contributed by atoms with Gasteiger partial charge in [-0.25, -0.2) is 0 Å². The number of aryl methyl sites for hydroxylation is 2. The van der Waals surface area contributed by atoms with Crippen molar-refractivity contribution in [3.05, 3.63) is 99.4 Å². The molecule has 0 fully saturated rings. The Morgan fingerprint density at radius 2 is 1.88 bits per heavy atom.